The molecule has 2 aromatic carbocycles. The summed E-state index contributed by atoms with van der Waals surface area (Å²) in [5, 5.41) is 18.1. The number of rotatable bonds is 12. The summed E-state index contributed by atoms with van der Waals surface area (Å²) < 4.78 is 26.5. The van der Waals surface area contributed by atoms with E-state index >= 15 is 0 Å². The van der Waals surface area contributed by atoms with Crippen LogP contribution in [0.4, 0.5) is 15.2 Å². The van der Waals surface area contributed by atoms with Crippen molar-refractivity contribution in [2.24, 2.45) is 0 Å². The Hall–Kier alpha value is -3.97. The summed E-state index contributed by atoms with van der Waals surface area (Å²) in [4.78, 5) is 25.4. The molecule has 2 amide bonds. The first kappa shape index (κ1) is 27.1. The number of halogens is 1. The van der Waals surface area contributed by atoms with E-state index in [4.69, 9.17) is 9.47 Å². The van der Waals surface area contributed by atoms with Gasteiger partial charge in [0.05, 0.1) is 36.5 Å². The first-order valence-corrected chi connectivity index (χ1v) is 13.5. The smallest absolute Gasteiger partial charge is 0.281 e. The minimum absolute atomic E-state index is 0.0551. The van der Waals surface area contributed by atoms with E-state index in [2.05, 4.69) is 25.9 Å². The number of benzene rings is 2. The maximum atomic E-state index is 13.3. The summed E-state index contributed by atoms with van der Waals surface area (Å²) in [7, 11) is 0. The Morgan fingerprint density at radius 2 is 1.82 bits per heavy atom. The molecule has 38 heavy (non-hydrogen) atoms. The van der Waals surface area contributed by atoms with E-state index < -0.39 is 5.91 Å². The van der Waals surface area contributed by atoms with Gasteiger partial charge in [0.2, 0.25) is 11.0 Å². The van der Waals surface area contributed by atoms with E-state index in [9.17, 15) is 14.0 Å². The Bertz CT molecular complexity index is 1390. The van der Waals surface area contributed by atoms with Gasteiger partial charge in [-0.3, -0.25) is 14.9 Å². The van der Waals surface area contributed by atoms with Crippen molar-refractivity contribution in [3.63, 3.8) is 0 Å². The molecular formula is C25H25FN6O4S2. The molecule has 4 aromatic rings. The Morgan fingerprint density at radius 1 is 1.03 bits per heavy atom. The Balaban J connectivity index is 1.38. The van der Waals surface area contributed by atoms with E-state index in [1.807, 2.05) is 26.0 Å². The van der Waals surface area contributed by atoms with Crippen LogP contribution in [0.15, 0.2) is 59.1 Å². The van der Waals surface area contributed by atoms with Crippen LogP contribution >= 0.6 is 23.1 Å². The van der Waals surface area contributed by atoms with Gasteiger partial charge >= 0.3 is 0 Å². The number of carbonyl (C=O) groups is 2. The lowest BCUT2D eigenvalue weighted by molar-refractivity contribution is -0.113. The fraction of sp³-hybridized carbons (Fsp3) is 0.240. The first-order chi connectivity index (χ1) is 18.5. The van der Waals surface area contributed by atoms with Crippen molar-refractivity contribution in [3.05, 3.63) is 66.2 Å². The minimum atomic E-state index is -0.532. The normalized spacial score (nSPS) is 10.7. The summed E-state index contributed by atoms with van der Waals surface area (Å²) in [5.74, 6) is -0.156. The van der Waals surface area contributed by atoms with Crippen molar-refractivity contribution < 1.29 is 23.5 Å². The van der Waals surface area contributed by atoms with Crippen LogP contribution in [-0.4, -0.2) is 50.8 Å². The van der Waals surface area contributed by atoms with Gasteiger partial charge in [0.25, 0.3) is 5.91 Å². The maximum Gasteiger partial charge on any atom is 0.281 e. The molecule has 0 unspecified atom stereocenters. The van der Waals surface area contributed by atoms with Crippen LogP contribution in [0.1, 0.15) is 30.8 Å². The number of aromatic nitrogens is 4. The number of ether oxygens (including phenoxy) is 2. The van der Waals surface area contributed by atoms with Gasteiger partial charge in [0, 0.05) is 0 Å². The average Bonchev–Trinajstić information content (AvgIpc) is 3.55. The number of thioether (sulfide) groups is 1. The van der Waals surface area contributed by atoms with Crippen LogP contribution < -0.4 is 20.1 Å². The molecule has 4 rings (SSSR count). The third-order valence-corrected chi connectivity index (χ3v) is 6.84. The molecule has 0 radical (unpaired) electrons. The fourth-order valence-corrected chi connectivity index (χ4v) is 4.75. The predicted molar refractivity (Wildman–Crippen MR) is 144 cm³/mol. The van der Waals surface area contributed by atoms with E-state index in [0.717, 1.165) is 17.8 Å². The molecule has 0 fully saturated rings. The first-order valence-electron chi connectivity index (χ1n) is 11.7. The lowest BCUT2D eigenvalue weighted by atomic mass is 10.3. The quantitative estimate of drug-likeness (QED) is 0.184. The Kier molecular flexibility index (Phi) is 9.27. The second-order valence-electron chi connectivity index (χ2n) is 7.70. The van der Waals surface area contributed by atoms with Crippen molar-refractivity contribution >= 4 is 45.7 Å². The van der Waals surface area contributed by atoms with Gasteiger partial charge in [-0.15, -0.1) is 10.2 Å². The molecule has 2 N–H and O–H groups in total. The number of amides is 2. The lowest BCUT2D eigenvalue weighted by Gasteiger charge is -2.10. The van der Waals surface area contributed by atoms with E-state index in [1.165, 1.54) is 28.6 Å². The second-order valence-corrected chi connectivity index (χ2v) is 9.90. The molecule has 2 heterocycles. The van der Waals surface area contributed by atoms with Gasteiger partial charge < -0.3 is 14.8 Å². The Morgan fingerprint density at radius 3 is 2.58 bits per heavy atom. The molecule has 0 saturated carbocycles. The van der Waals surface area contributed by atoms with Gasteiger partial charge in [-0.05, 0) is 49.7 Å². The number of nitrogens with one attached hydrogen (secondary N) is 2. The molecule has 0 aliphatic carbocycles. The Labute approximate surface area is 226 Å². The van der Waals surface area contributed by atoms with Gasteiger partial charge in [0.15, 0.2) is 15.8 Å². The second kappa shape index (κ2) is 13.0. The van der Waals surface area contributed by atoms with Crippen LogP contribution in [0.25, 0.3) is 5.69 Å². The lowest BCUT2D eigenvalue weighted by Crippen LogP contribution is -2.14. The molecule has 2 aromatic heterocycles. The van der Waals surface area contributed by atoms with E-state index in [1.54, 1.807) is 30.5 Å². The van der Waals surface area contributed by atoms with Crippen LogP contribution in [-0.2, 0) is 4.79 Å². The van der Waals surface area contributed by atoms with Gasteiger partial charge in [-0.2, -0.15) is 5.10 Å². The summed E-state index contributed by atoms with van der Waals surface area (Å²) >= 11 is 2.32. The monoisotopic (exact) mass is 556 g/mol. The molecule has 0 saturated heterocycles. The molecule has 13 heteroatoms. The number of para-hydroxylation sites is 2. The van der Waals surface area contributed by atoms with Gasteiger partial charge in [-0.1, -0.05) is 42.2 Å². The number of hydrogen-bond donors (Lipinski definition) is 2. The highest BCUT2D eigenvalue weighted by atomic mass is 32.2. The highest BCUT2D eigenvalue weighted by molar-refractivity contribution is 8.01. The molecule has 0 aliphatic heterocycles. The summed E-state index contributed by atoms with van der Waals surface area (Å²) in [6.45, 7) is 4.70. The van der Waals surface area contributed by atoms with Crippen molar-refractivity contribution in [3.8, 4) is 17.2 Å². The maximum absolute atomic E-state index is 13.3. The molecular weight excluding hydrogens is 531 g/mol. The molecule has 10 nitrogen and oxygen atoms in total. The zero-order valence-corrected chi connectivity index (χ0v) is 22.3. The topological polar surface area (TPSA) is 120 Å². The third-order valence-electron chi connectivity index (χ3n) is 4.86. The number of carbonyl (C=O) groups excluding carboxylic acids is 2. The fourth-order valence-electron chi connectivity index (χ4n) is 3.20. The molecule has 0 aliphatic rings. The van der Waals surface area contributed by atoms with Crippen molar-refractivity contribution in [1.82, 2.24) is 20.0 Å². The number of hydrogen-bond acceptors (Lipinski definition) is 9. The van der Waals surface area contributed by atoms with Crippen molar-refractivity contribution in [2.75, 3.05) is 29.6 Å². The van der Waals surface area contributed by atoms with Crippen molar-refractivity contribution in [1.29, 1.82) is 0 Å². The van der Waals surface area contributed by atoms with Crippen LogP contribution in [0, 0.1) is 5.82 Å². The SMILES string of the molecule is CCCOc1cn(-c2ccc(F)cc2)nc1C(=O)Nc1nnc(SCC(=O)Nc2ccccc2OCC)s1. The summed E-state index contributed by atoms with van der Waals surface area (Å²) in [6.07, 6.45) is 2.31. The zero-order chi connectivity index (χ0) is 26.9. The van der Waals surface area contributed by atoms with Gasteiger partial charge in [0.1, 0.15) is 11.6 Å². The standard InChI is InChI=1S/C25H25FN6O4S2/c1-3-13-36-20-14-32(17-11-9-16(26)10-12-17)31-22(20)23(34)28-24-29-30-25(38-24)37-15-21(33)27-18-7-5-6-8-19(18)35-4-2/h5-12,14H,3-4,13,15H2,1-2H3,(H,27,33)(H,28,29,34). The number of anilines is 2. The number of nitrogens with zero attached hydrogens (tertiary/aromatic N) is 4. The largest absolute Gasteiger partial charge is 0.492 e. The van der Waals surface area contributed by atoms with Gasteiger partial charge in [-0.25, -0.2) is 9.07 Å². The zero-order valence-electron chi connectivity index (χ0n) is 20.6. The molecule has 0 atom stereocenters. The molecule has 198 valence electrons. The van der Waals surface area contributed by atoms with E-state index in [0.29, 0.717) is 34.7 Å². The highest BCUT2D eigenvalue weighted by Gasteiger charge is 2.21. The minimum Gasteiger partial charge on any atom is -0.492 e. The molecule has 0 bridgehead atoms. The van der Waals surface area contributed by atoms with Crippen LogP contribution in [0.2, 0.25) is 0 Å². The third kappa shape index (κ3) is 7.07. The molecule has 0 spiro atoms. The van der Waals surface area contributed by atoms with Crippen molar-refractivity contribution in [2.45, 2.75) is 24.6 Å². The van der Waals surface area contributed by atoms with Crippen LogP contribution in [0.5, 0.6) is 11.5 Å². The average molecular weight is 557 g/mol. The summed E-state index contributed by atoms with van der Waals surface area (Å²) in [5.41, 5.74) is 1.22. The highest BCUT2D eigenvalue weighted by Crippen LogP contribution is 2.28. The van der Waals surface area contributed by atoms with E-state index in [-0.39, 0.29) is 34.1 Å². The van der Waals surface area contributed by atoms with Crippen LogP contribution in [0.3, 0.4) is 0 Å². The summed E-state index contributed by atoms with van der Waals surface area (Å²) in [6, 6.07) is 12.9. The predicted octanol–water partition coefficient (Wildman–Crippen LogP) is 5.03.